The van der Waals surface area contributed by atoms with Crippen LogP contribution in [-0.4, -0.2) is 82.2 Å². The molecule has 1 unspecified atom stereocenters. The molecule has 1 amide bonds. The van der Waals surface area contributed by atoms with Crippen LogP contribution >= 0.6 is 0 Å². The number of carbonyl (C=O) groups excluding carboxylic acids is 1. The third kappa shape index (κ3) is 5.78. The average molecular weight is 504 g/mol. The molecule has 0 aliphatic carbocycles. The second-order valence-corrected chi connectivity index (χ2v) is 10.9. The number of methoxy groups -OCH3 is 1. The van der Waals surface area contributed by atoms with Crippen LogP contribution in [-0.2, 0) is 19.7 Å². The Morgan fingerprint density at radius 3 is 2.63 bits per heavy atom. The minimum Gasteiger partial charge on any atom is -0.486 e. The number of carbonyl (C=O) groups is 1. The zero-order valence-corrected chi connectivity index (χ0v) is 21.4. The lowest BCUT2D eigenvalue weighted by Gasteiger charge is -2.23. The number of aryl methyl sites for hydroxylation is 2. The molecule has 10 heteroatoms. The number of hydrogen-bond acceptors (Lipinski definition) is 6. The maximum atomic E-state index is 13.2. The fourth-order valence-electron chi connectivity index (χ4n) is 4.42. The van der Waals surface area contributed by atoms with E-state index in [-0.39, 0.29) is 24.2 Å². The molecule has 190 valence electrons. The lowest BCUT2D eigenvalue weighted by atomic mass is 10.0. The van der Waals surface area contributed by atoms with E-state index in [4.69, 9.17) is 14.2 Å². The number of likely N-dealkylation sites (N-methyl/N-ethyl adjacent to an activating group) is 1. The van der Waals surface area contributed by atoms with E-state index in [1.807, 2.05) is 32.0 Å². The molecule has 2 aromatic carbocycles. The summed E-state index contributed by atoms with van der Waals surface area (Å²) in [7, 11) is -0.600. The molecular weight excluding hydrogens is 470 g/mol. The van der Waals surface area contributed by atoms with E-state index in [1.54, 1.807) is 43.3 Å². The summed E-state index contributed by atoms with van der Waals surface area (Å²) in [5.74, 6) is 0.435. The zero-order chi connectivity index (χ0) is 25.2. The first-order valence-electron chi connectivity index (χ1n) is 11.7. The molecule has 2 saturated heterocycles. The molecule has 2 aliphatic rings. The van der Waals surface area contributed by atoms with Crippen molar-refractivity contribution in [2.24, 2.45) is 0 Å². The van der Waals surface area contributed by atoms with E-state index in [2.05, 4.69) is 4.72 Å². The van der Waals surface area contributed by atoms with Crippen LogP contribution in [0.15, 0.2) is 42.5 Å². The highest BCUT2D eigenvalue weighted by Gasteiger charge is 2.38. The maximum absolute atomic E-state index is 13.2. The molecule has 0 radical (unpaired) electrons. The summed E-state index contributed by atoms with van der Waals surface area (Å²) in [5.41, 5.74) is 3.02. The summed E-state index contributed by atoms with van der Waals surface area (Å²) in [6.07, 6.45) is -0.0325. The lowest BCUT2D eigenvalue weighted by Crippen LogP contribution is -2.40. The monoisotopic (exact) mass is 503 g/mol. The molecule has 3 atom stereocenters. The van der Waals surface area contributed by atoms with E-state index >= 15 is 0 Å². The Balaban J connectivity index is 1.44. The van der Waals surface area contributed by atoms with Crippen LogP contribution in [0.25, 0.3) is 0 Å². The Morgan fingerprint density at radius 2 is 1.91 bits per heavy atom. The summed E-state index contributed by atoms with van der Waals surface area (Å²) < 4.78 is 46.6. The SMILES string of the molecule is CO[C@@H]1CN(C(=O)c2cc(C)ccc2C)C[C@H]1Oc1cccc(NS(=O)(=O)N(C)C2CCOC2)c1. The Labute approximate surface area is 207 Å². The number of ether oxygens (including phenoxy) is 3. The van der Waals surface area contributed by atoms with Crippen LogP contribution < -0.4 is 9.46 Å². The van der Waals surface area contributed by atoms with Crippen molar-refractivity contribution in [1.82, 2.24) is 9.21 Å². The van der Waals surface area contributed by atoms with Gasteiger partial charge in [-0.25, -0.2) is 0 Å². The highest BCUT2D eigenvalue weighted by Crippen LogP contribution is 2.26. The molecule has 2 aliphatic heterocycles. The first-order chi connectivity index (χ1) is 16.7. The standard InChI is InChI=1S/C25H33N3O6S/c1-17-8-9-18(2)22(12-17)25(29)28-14-23(32-4)24(15-28)34-21-7-5-6-19(13-21)26-35(30,31)27(3)20-10-11-33-16-20/h5-9,12-13,20,23-24,26H,10-11,14-16H2,1-4H3/t20?,23-,24-/m1/s1. The highest BCUT2D eigenvalue weighted by atomic mass is 32.2. The van der Waals surface area contributed by atoms with Crippen LogP contribution in [0.3, 0.4) is 0 Å². The Bertz CT molecular complexity index is 1170. The summed E-state index contributed by atoms with van der Waals surface area (Å²) in [5, 5.41) is 0. The van der Waals surface area contributed by atoms with Gasteiger partial charge in [-0.3, -0.25) is 9.52 Å². The highest BCUT2D eigenvalue weighted by molar-refractivity contribution is 7.90. The summed E-state index contributed by atoms with van der Waals surface area (Å²) >= 11 is 0. The molecular formula is C25H33N3O6S. The van der Waals surface area contributed by atoms with Crippen molar-refractivity contribution < 1.29 is 27.4 Å². The Kier molecular flexibility index (Phi) is 7.65. The van der Waals surface area contributed by atoms with Crippen LogP contribution in [0.5, 0.6) is 5.75 Å². The van der Waals surface area contributed by atoms with Crippen LogP contribution in [0, 0.1) is 13.8 Å². The molecule has 4 rings (SSSR count). The molecule has 1 N–H and O–H groups in total. The van der Waals surface area contributed by atoms with Crippen molar-refractivity contribution in [3.05, 3.63) is 59.2 Å². The maximum Gasteiger partial charge on any atom is 0.301 e. The number of anilines is 1. The number of nitrogens with one attached hydrogen (secondary N) is 1. The molecule has 0 saturated carbocycles. The molecule has 2 aromatic rings. The second-order valence-electron chi connectivity index (χ2n) is 9.13. The number of rotatable bonds is 8. The largest absolute Gasteiger partial charge is 0.486 e. The minimum atomic E-state index is -3.74. The topological polar surface area (TPSA) is 97.4 Å². The molecule has 35 heavy (non-hydrogen) atoms. The van der Waals surface area contributed by atoms with E-state index in [1.165, 1.54) is 4.31 Å². The van der Waals surface area contributed by atoms with Gasteiger partial charge in [0.1, 0.15) is 18.0 Å². The number of likely N-dealkylation sites (tertiary alicyclic amines) is 1. The molecule has 0 aromatic heterocycles. The molecule has 2 heterocycles. The quantitative estimate of drug-likeness (QED) is 0.595. The van der Waals surface area contributed by atoms with Crippen molar-refractivity contribution in [3.63, 3.8) is 0 Å². The molecule has 2 fully saturated rings. The van der Waals surface area contributed by atoms with Crippen molar-refractivity contribution in [2.45, 2.75) is 38.5 Å². The van der Waals surface area contributed by atoms with Crippen LogP contribution in [0.1, 0.15) is 27.9 Å². The fourth-order valence-corrected chi connectivity index (χ4v) is 5.55. The summed E-state index contributed by atoms with van der Waals surface area (Å²) in [4.78, 5) is 14.9. The van der Waals surface area contributed by atoms with E-state index in [0.29, 0.717) is 49.7 Å². The number of amides is 1. The fraction of sp³-hybridized carbons (Fsp3) is 0.480. The smallest absolute Gasteiger partial charge is 0.301 e. The number of benzene rings is 2. The van der Waals surface area contributed by atoms with E-state index in [0.717, 1.165) is 11.1 Å². The van der Waals surface area contributed by atoms with Crippen molar-refractivity contribution in [2.75, 3.05) is 45.2 Å². The predicted octanol–water partition coefficient (Wildman–Crippen LogP) is 2.60. The first-order valence-corrected chi connectivity index (χ1v) is 13.1. The Morgan fingerprint density at radius 1 is 1.14 bits per heavy atom. The second kappa shape index (κ2) is 10.5. The van der Waals surface area contributed by atoms with Crippen molar-refractivity contribution in [3.8, 4) is 5.75 Å². The third-order valence-electron chi connectivity index (χ3n) is 6.60. The van der Waals surface area contributed by atoms with Crippen LogP contribution in [0.2, 0.25) is 0 Å². The van der Waals surface area contributed by atoms with Gasteiger partial charge >= 0.3 is 10.2 Å². The van der Waals surface area contributed by atoms with E-state index < -0.39 is 10.2 Å². The Hall–Kier alpha value is -2.66. The third-order valence-corrected chi connectivity index (χ3v) is 8.15. The zero-order valence-electron chi connectivity index (χ0n) is 20.6. The summed E-state index contributed by atoms with van der Waals surface area (Å²) in [6, 6.07) is 12.4. The molecule has 0 spiro atoms. The average Bonchev–Trinajstić information content (AvgIpc) is 3.50. The van der Waals surface area contributed by atoms with Gasteiger partial charge < -0.3 is 19.1 Å². The normalized spacial score (nSPS) is 22.5. The predicted molar refractivity (Wildman–Crippen MR) is 133 cm³/mol. The van der Waals surface area contributed by atoms with Gasteiger partial charge in [0, 0.05) is 32.4 Å². The van der Waals surface area contributed by atoms with Gasteiger partial charge in [-0.05, 0) is 44.0 Å². The van der Waals surface area contributed by atoms with Gasteiger partial charge in [0.25, 0.3) is 5.91 Å². The minimum absolute atomic E-state index is 0.0557. The van der Waals surface area contributed by atoms with Gasteiger partial charge in [0.05, 0.1) is 31.4 Å². The van der Waals surface area contributed by atoms with Gasteiger partial charge in [-0.1, -0.05) is 23.8 Å². The van der Waals surface area contributed by atoms with Gasteiger partial charge in [0.15, 0.2) is 0 Å². The van der Waals surface area contributed by atoms with Crippen molar-refractivity contribution in [1.29, 1.82) is 0 Å². The number of nitrogens with zero attached hydrogens (tertiary/aromatic N) is 2. The van der Waals surface area contributed by atoms with Crippen molar-refractivity contribution >= 4 is 21.8 Å². The van der Waals surface area contributed by atoms with Gasteiger partial charge in [-0.2, -0.15) is 12.7 Å². The van der Waals surface area contributed by atoms with Gasteiger partial charge in [-0.15, -0.1) is 0 Å². The number of hydrogen-bond donors (Lipinski definition) is 1. The first kappa shape index (κ1) is 25.4. The van der Waals surface area contributed by atoms with Crippen LogP contribution in [0.4, 0.5) is 5.69 Å². The summed E-state index contributed by atoms with van der Waals surface area (Å²) in [6.45, 7) is 5.61. The lowest BCUT2D eigenvalue weighted by molar-refractivity contribution is 0.0340. The molecule has 0 bridgehead atoms. The molecule has 9 nitrogen and oxygen atoms in total. The van der Waals surface area contributed by atoms with E-state index in [9.17, 15) is 13.2 Å². The van der Waals surface area contributed by atoms with Gasteiger partial charge in [0.2, 0.25) is 0 Å².